The summed E-state index contributed by atoms with van der Waals surface area (Å²) in [6.07, 6.45) is 7.09. The zero-order valence-electron chi connectivity index (χ0n) is 17.8. The summed E-state index contributed by atoms with van der Waals surface area (Å²) in [6, 6.07) is 12.1. The summed E-state index contributed by atoms with van der Waals surface area (Å²) in [5.74, 6) is -0.159. The monoisotopic (exact) mass is 423 g/mol. The molecule has 0 bridgehead atoms. The summed E-state index contributed by atoms with van der Waals surface area (Å²) >= 11 is 0. The van der Waals surface area contributed by atoms with Gasteiger partial charge in [-0.15, -0.1) is 0 Å². The standard InChI is InChI=1S/C24H21N7O/c1-29-12-16(10-27-29)7-15(9-25)13-31-14-20-19(5-6-21(26)23(20)24(31)32)17-3-4-18-11-28-30(2)22(18)8-17/h3-8,10-12H,13-14,26H2,1-2H3/b15-7+. The molecule has 8 nitrogen and oxygen atoms in total. The Labute approximate surface area is 184 Å². The maximum atomic E-state index is 13.2. The van der Waals surface area contributed by atoms with E-state index in [1.54, 1.807) is 27.9 Å². The first kappa shape index (κ1) is 19.6. The van der Waals surface area contributed by atoms with Crippen molar-refractivity contribution < 1.29 is 4.79 Å². The van der Waals surface area contributed by atoms with Crippen molar-refractivity contribution in [1.82, 2.24) is 24.5 Å². The molecule has 2 aromatic carbocycles. The molecule has 0 aliphatic carbocycles. The first-order chi connectivity index (χ1) is 15.4. The molecule has 4 aromatic rings. The maximum absolute atomic E-state index is 13.2. The van der Waals surface area contributed by atoms with Gasteiger partial charge in [-0.05, 0) is 34.9 Å². The molecule has 0 unspecified atom stereocenters. The minimum Gasteiger partial charge on any atom is -0.398 e. The van der Waals surface area contributed by atoms with Crippen molar-refractivity contribution in [2.75, 3.05) is 12.3 Å². The highest BCUT2D eigenvalue weighted by atomic mass is 16.2. The molecule has 1 amide bonds. The molecule has 0 fully saturated rings. The molecule has 0 radical (unpaired) electrons. The smallest absolute Gasteiger partial charge is 0.256 e. The SMILES string of the molecule is Cn1cc(/C=C(\C#N)CN2Cc3c(-c4ccc5cnn(C)c5c4)ccc(N)c3C2=O)cn1. The van der Waals surface area contributed by atoms with Crippen LogP contribution in [0, 0.1) is 11.3 Å². The third kappa shape index (κ3) is 3.20. The number of carbonyl (C=O) groups is 1. The second-order valence-corrected chi connectivity index (χ2v) is 7.99. The van der Waals surface area contributed by atoms with Crippen molar-refractivity contribution in [3.05, 3.63) is 71.2 Å². The van der Waals surface area contributed by atoms with E-state index in [-0.39, 0.29) is 12.5 Å². The summed E-state index contributed by atoms with van der Waals surface area (Å²) < 4.78 is 3.50. The van der Waals surface area contributed by atoms with Crippen LogP contribution in [-0.2, 0) is 20.6 Å². The Hall–Kier alpha value is -4.38. The number of nitrogens with zero attached hydrogens (tertiary/aromatic N) is 6. The van der Waals surface area contributed by atoms with E-state index in [4.69, 9.17) is 5.73 Å². The van der Waals surface area contributed by atoms with Crippen LogP contribution >= 0.6 is 0 Å². The topological polar surface area (TPSA) is 106 Å². The molecule has 0 atom stereocenters. The second kappa shape index (κ2) is 7.39. The van der Waals surface area contributed by atoms with Gasteiger partial charge < -0.3 is 10.6 Å². The number of nitrogens with two attached hydrogens (primary N) is 1. The number of hydrogen-bond donors (Lipinski definition) is 1. The number of hydrogen-bond acceptors (Lipinski definition) is 5. The Morgan fingerprint density at radius 3 is 2.81 bits per heavy atom. The van der Waals surface area contributed by atoms with Gasteiger partial charge in [0.05, 0.1) is 36.1 Å². The molecule has 0 spiro atoms. The highest BCUT2D eigenvalue weighted by Gasteiger charge is 2.32. The molecule has 5 rings (SSSR count). The fourth-order valence-electron chi connectivity index (χ4n) is 4.25. The van der Waals surface area contributed by atoms with E-state index in [2.05, 4.69) is 22.3 Å². The summed E-state index contributed by atoms with van der Waals surface area (Å²) in [5, 5.41) is 19.1. The molecule has 8 heteroatoms. The highest BCUT2D eigenvalue weighted by molar-refractivity contribution is 6.05. The van der Waals surface area contributed by atoms with Crippen molar-refractivity contribution in [2.45, 2.75) is 6.54 Å². The Morgan fingerprint density at radius 1 is 1.22 bits per heavy atom. The number of nitrogen functional groups attached to an aromatic ring is 1. The minimum atomic E-state index is -0.159. The normalized spacial score (nSPS) is 13.6. The molecule has 2 aromatic heterocycles. The third-order valence-electron chi connectivity index (χ3n) is 5.83. The van der Waals surface area contributed by atoms with E-state index in [0.717, 1.165) is 33.2 Å². The predicted octanol–water partition coefficient (Wildman–Crippen LogP) is 3.12. The third-order valence-corrected chi connectivity index (χ3v) is 5.83. The number of rotatable bonds is 4. The van der Waals surface area contributed by atoms with Crippen LogP contribution in [0.1, 0.15) is 21.5 Å². The average molecular weight is 423 g/mol. The molecular formula is C24H21N7O. The first-order valence-corrected chi connectivity index (χ1v) is 10.2. The van der Waals surface area contributed by atoms with Gasteiger partial charge >= 0.3 is 0 Å². The van der Waals surface area contributed by atoms with Crippen LogP contribution in [0.25, 0.3) is 28.1 Å². The second-order valence-electron chi connectivity index (χ2n) is 7.99. The minimum absolute atomic E-state index is 0.159. The summed E-state index contributed by atoms with van der Waals surface area (Å²) in [4.78, 5) is 14.9. The molecular weight excluding hydrogens is 402 g/mol. The molecule has 0 saturated carbocycles. The molecule has 3 heterocycles. The van der Waals surface area contributed by atoms with Crippen molar-refractivity contribution in [3.63, 3.8) is 0 Å². The van der Waals surface area contributed by atoms with Gasteiger partial charge in [0.1, 0.15) is 0 Å². The molecule has 32 heavy (non-hydrogen) atoms. The maximum Gasteiger partial charge on any atom is 0.256 e. The number of carbonyl (C=O) groups excluding carboxylic acids is 1. The van der Waals surface area contributed by atoms with E-state index in [1.807, 2.05) is 49.4 Å². The lowest BCUT2D eigenvalue weighted by atomic mass is 9.95. The Bertz CT molecular complexity index is 1450. The van der Waals surface area contributed by atoms with Gasteiger partial charge in [-0.2, -0.15) is 15.5 Å². The first-order valence-electron chi connectivity index (χ1n) is 10.2. The largest absolute Gasteiger partial charge is 0.398 e. The number of anilines is 1. The van der Waals surface area contributed by atoms with Crippen molar-refractivity contribution >= 4 is 28.6 Å². The summed E-state index contributed by atoms with van der Waals surface area (Å²) in [7, 11) is 3.72. The lowest BCUT2D eigenvalue weighted by molar-refractivity contribution is 0.0795. The molecule has 2 N–H and O–H groups in total. The summed E-state index contributed by atoms with van der Waals surface area (Å²) in [6.45, 7) is 0.600. The number of benzene rings is 2. The number of nitriles is 1. The van der Waals surface area contributed by atoms with Gasteiger partial charge in [-0.3, -0.25) is 14.2 Å². The van der Waals surface area contributed by atoms with Gasteiger partial charge in [0.2, 0.25) is 0 Å². The van der Waals surface area contributed by atoms with Gasteiger partial charge in [-0.25, -0.2) is 0 Å². The van der Waals surface area contributed by atoms with E-state index in [0.29, 0.717) is 23.4 Å². The van der Waals surface area contributed by atoms with Crippen molar-refractivity contribution in [2.24, 2.45) is 14.1 Å². The zero-order chi connectivity index (χ0) is 22.4. The van der Waals surface area contributed by atoms with Crippen molar-refractivity contribution in [3.8, 4) is 17.2 Å². The van der Waals surface area contributed by atoms with Gasteiger partial charge in [0, 0.05) is 49.0 Å². The number of amides is 1. The Kier molecular flexibility index (Phi) is 4.52. The lowest BCUT2D eigenvalue weighted by Crippen LogP contribution is -2.26. The predicted molar refractivity (Wildman–Crippen MR) is 122 cm³/mol. The van der Waals surface area contributed by atoms with Crippen LogP contribution in [0.2, 0.25) is 0 Å². The molecule has 0 saturated heterocycles. The number of aromatic nitrogens is 4. The zero-order valence-corrected chi connectivity index (χ0v) is 17.8. The Balaban J connectivity index is 1.51. The molecule has 1 aliphatic rings. The van der Waals surface area contributed by atoms with Gasteiger partial charge in [0.25, 0.3) is 5.91 Å². The van der Waals surface area contributed by atoms with E-state index in [1.165, 1.54) is 0 Å². The number of fused-ring (bicyclic) bond motifs is 2. The Morgan fingerprint density at radius 2 is 2.06 bits per heavy atom. The van der Waals surface area contributed by atoms with Crippen molar-refractivity contribution in [1.29, 1.82) is 5.26 Å². The van der Waals surface area contributed by atoms with Crippen LogP contribution in [0.15, 0.2) is 54.5 Å². The van der Waals surface area contributed by atoms with Crippen LogP contribution < -0.4 is 5.73 Å². The quantitative estimate of drug-likeness (QED) is 0.401. The summed E-state index contributed by atoms with van der Waals surface area (Å²) in [5.41, 5.74) is 12.3. The fourth-order valence-corrected chi connectivity index (χ4v) is 4.25. The fraction of sp³-hybridized carbons (Fsp3) is 0.167. The average Bonchev–Trinajstić information content (AvgIpc) is 3.46. The molecule has 158 valence electrons. The highest BCUT2D eigenvalue weighted by Crippen LogP contribution is 2.37. The van der Waals surface area contributed by atoms with Crippen LogP contribution in [0.4, 0.5) is 5.69 Å². The van der Waals surface area contributed by atoms with Gasteiger partial charge in [0.15, 0.2) is 0 Å². The molecule has 1 aliphatic heterocycles. The van der Waals surface area contributed by atoms with E-state index < -0.39 is 0 Å². The van der Waals surface area contributed by atoms with Crippen LogP contribution in [-0.4, -0.2) is 36.9 Å². The van der Waals surface area contributed by atoms with Gasteiger partial charge in [-0.1, -0.05) is 18.2 Å². The van der Waals surface area contributed by atoms with E-state index in [9.17, 15) is 10.1 Å². The van der Waals surface area contributed by atoms with Crippen LogP contribution in [0.5, 0.6) is 0 Å². The van der Waals surface area contributed by atoms with Crippen LogP contribution in [0.3, 0.4) is 0 Å². The lowest BCUT2D eigenvalue weighted by Gasteiger charge is -2.15. The number of aryl methyl sites for hydroxylation is 2. The van der Waals surface area contributed by atoms with E-state index >= 15 is 0 Å².